The van der Waals surface area contributed by atoms with Crippen LogP contribution in [0, 0.1) is 13.8 Å². The lowest BCUT2D eigenvalue weighted by Gasteiger charge is -2.23. The Morgan fingerprint density at radius 2 is 2.12 bits per heavy atom. The fourth-order valence-electron chi connectivity index (χ4n) is 2.21. The molecule has 2 rings (SSSR count). The van der Waals surface area contributed by atoms with Crippen LogP contribution in [0.4, 0.5) is 0 Å². The fourth-order valence-corrected chi connectivity index (χ4v) is 3.92. The van der Waals surface area contributed by atoms with Gasteiger partial charge in [0.05, 0.1) is 11.4 Å². The zero-order valence-corrected chi connectivity index (χ0v) is 11.1. The largest absolute Gasteiger partial charge is 0.315 e. The van der Waals surface area contributed by atoms with Crippen molar-refractivity contribution in [1.82, 2.24) is 19.8 Å². The molecule has 1 atom stereocenters. The standard InChI is InChI=1S/C10H18N4O2S/c1-7-10(8(2)13-12-7)17(15,16)14(3)9-4-5-11-6-9/h9,11H,4-6H2,1-3H3,(H,12,13)/t9-/m1/s1. The molecule has 7 heteroatoms. The first-order valence-electron chi connectivity index (χ1n) is 5.65. The van der Waals surface area contributed by atoms with Crippen LogP contribution in [0.15, 0.2) is 4.90 Å². The van der Waals surface area contributed by atoms with Gasteiger partial charge in [-0.1, -0.05) is 0 Å². The number of likely N-dealkylation sites (N-methyl/N-ethyl adjacent to an activating group) is 1. The average Bonchev–Trinajstić information content (AvgIpc) is 2.87. The minimum atomic E-state index is -3.44. The van der Waals surface area contributed by atoms with Crippen molar-refractivity contribution >= 4 is 10.0 Å². The van der Waals surface area contributed by atoms with Gasteiger partial charge in [0.15, 0.2) is 0 Å². The molecule has 0 amide bonds. The summed E-state index contributed by atoms with van der Waals surface area (Å²) < 4.78 is 26.4. The van der Waals surface area contributed by atoms with E-state index in [0.29, 0.717) is 22.8 Å². The molecule has 1 aromatic rings. The van der Waals surface area contributed by atoms with Crippen molar-refractivity contribution in [3.63, 3.8) is 0 Å². The lowest BCUT2D eigenvalue weighted by molar-refractivity contribution is 0.387. The van der Waals surface area contributed by atoms with Gasteiger partial charge in [0.1, 0.15) is 4.90 Å². The average molecular weight is 258 g/mol. The van der Waals surface area contributed by atoms with Crippen LogP contribution in [-0.4, -0.2) is 49.1 Å². The first-order valence-corrected chi connectivity index (χ1v) is 7.09. The number of hydrogen-bond donors (Lipinski definition) is 2. The van der Waals surface area contributed by atoms with Crippen molar-refractivity contribution in [2.45, 2.75) is 31.2 Å². The second-order valence-corrected chi connectivity index (χ2v) is 6.37. The van der Waals surface area contributed by atoms with Crippen LogP contribution < -0.4 is 5.32 Å². The van der Waals surface area contributed by atoms with Crippen LogP contribution >= 0.6 is 0 Å². The molecule has 0 aliphatic carbocycles. The number of H-pyrrole nitrogens is 1. The smallest absolute Gasteiger partial charge is 0.246 e. The maximum Gasteiger partial charge on any atom is 0.246 e. The van der Waals surface area contributed by atoms with E-state index in [9.17, 15) is 8.42 Å². The molecule has 1 aromatic heterocycles. The Bertz CT molecular complexity index is 483. The highest BCUT2D eigenvalue weighted by Gasteiger charge is 2.33. The van der Waals surface area contributed by atoms with E-state index in [4.69, 9.17) is 0 Å². The highest BCUT2D eigenvalue weighted by Crippen LogP contribution is 2.23. The lowest BCUT2D eigenvalue weighted by atomic mass is 10.3. The summed E-state index contributed by atoms with van der Waals surface area (Å²) in [5.74, 6) is 0. The summed E-state index contributed by atoms with van der Waals surface area (Å²) in [6.45, 7) is 5.02. The SMILES string of the molecule is Cc1n[nH]c(C)c1S(=O)(=O)N(C)[C@@H]1CCNC1. The first-order chi connectivity index (χ1) is 7.94. The van der Waals surface area contributed by atoms with Crippen LogP contribution in [0.5, 0.6) is 0 Å². The van der Waals surface area contributed by atoms with Crippen molar-refractivity contribution in [2.24, 2.45) is 0 Å². The molecular formula is C10H18N4O2S. The highest BCUT2D eigenvalue weighted by atomic mass is 32.2. The maximum absolute atomic E-state index is 12.5. The normalized spacial score (nSPS) is 21.3. The minimum Gasteiger partial charge on any atom is -0.315 e. The Labute approximate surface area is 101 Å². The van der Waals surface area contributed by atoms with E-state index in [-0.39, 0.29) is 6.04 Å². The molecule has 0 radical (unpaired) electrons. The number of aryl methyl sites for hydroxylation is 2. The highest BCUT2D eigenvalue weighted by molar-refractivity contribution is 7.89. The summed E-state index contributed by atoms with van der Waals surface area (Å²) >= 11 is 0. The van der Waals surface area contributed by atoms with E-state index in [0.717, 1.165) is 13.0 Å². The Morgan fingerprint density at radius 1 is 1.41 bits per heavy atom. The number of rotatable bonds is 3. The van der Waals surface area contributed by atoms with Crippen molar-refractivity contribution in [3.05, 3.63) is 11.4 Å². The number of nitrogens with one attached hydrogen (secondary N) is 2. The van der Waals surface area contributed by atoms with E-state index in [1.165, 1.54) is 4.31 Å². The topological polar surface area (TPSA) is 78.1 Å². The van der Waals surface area contributed by atoms with Gasteiger partial charge in [0.25, 0.3) is 0 Å². The molecule has 96 valence electrons. The summed E-state index contributed by atoms with van der Waals surface area (Å²) in [6.07, 6.45) is 0.853. The zero-order chi connectivity index (χ0) is 12.6. The molecule has 2 heterocycles. The van der Waals surface area contributed by atoms with E-state index < -0.39 is 10.0 Å². The van der Waals surface area contributed by atoms with E-state index in [1.54, 1.807) is 20.9 Å². The molecule has 0 aromatic carbocycles. The summed E-state index contributed by atoms with van der Waals surface area (Å²) in [5, 5.41) is 9.83. The summed E-state index contributed by atoms with van der Waals surface area (Å²) in [4.78, 5) is 0.312. The molecule has 0 spiro atoms. The molecule has 0 saturated carbocycles. The lowest BCUT2D eigenvalue weighted by Crippen LogP contribution is -2.38. The predicted molar refractivity (Wildman–Crippen MR) is 64.3 cm³/mol. The van der Waals surface area contributed by atoms with Crippen LogP contribution in [0.2, 0.25) is 0 Å². The van der Waals surface area contributed by atoms with Crippen molar-refractivity contribution in [3.8, 4) is 0 Å². The Kier molecular flexibility index (Phi) is 3.24. The van der Waals surface area contributed by atoms with Crippen molar-refractivity contribution in [2.75, 3.05) is 20.1 Å². The minimum absolute atomic E-state index is 0.0358. The molecule has 1 fully saturated rings. The van der Waals surface area contributed by atoms with Crippen molar-refractivity contribution in [1.29, 1.82) is 0 Å². The fraction of sp³-hybridized carbons (Fsp3) is 0.700. The second-order valence-electron chi connectivity index (χ2n) is 4.43. The zero-order valence-electron chi connectivity index (χ0n) is 10.3. The van der Waals surface area contributed by atoms with Gasteiger partial charge in [-0.25, -0.2) is 8.42 Å². The van der Waals surface area contributed by atoms with E-state index in [2.05, 4.69) is 15.5 Å². The molecule has 0 bridgehead atoms. The molecule has 17 heavy (non-hydrogen) atoms. The van der Waals surface area contributed by atoms with Crippen molar-refractivity contribution < 1.29 is 8.42 Å². The molecule has 1 saturated heterocycles. The van der Waals surface area contributed by atoms with Gasteiger partial charge in [-0.15, -0.1) is 0 Å². The van der Waals surface area contributed by atoms with Crippen LogP contribution in [0.1, 0.15) is 17.8 Å². The van der Waals surface area contributed by atoms with Crippen LogP contribution in [0.25, 0.3) is 0 Å². The third-order valence-corrected chi connectivity index (χ3v) is 5.42. The number of hydrogen-bond acceptors (Lipinski definition) is 4. The molecular weight excluding hydrogens is 240 g/mol. The summed E-state index contributed by atoms with van der Waals surface area (Å²) in [7, 11) is -1.80. The van der Waals surface area contributed by atoms with Gasteiger partial charge in [0, 0.05) is 19.6 Å². The van der Waals surface area contributed by atoms with Gasteiger partial charge in [0.2, 0.25) is 10.0 Å². The third kappa shape index (κ3) is 2.10. The monoisotopic (exact) mass is 258 g/mol. The summed E-state index contributed by atoms with van der Waals surface area (Å²) in [6, 6.07) is 0.0358. The maximum atomic E-state index is 12.5. The van der Waals surface area contributed by atoms with Gasteiger partial charge >= 0.3 is 0 Å². The molecule has 1 aliphatic heterocycles. The van der Waals surface area contributed by atoms with Crippen LogP contribution in [-0.2, 0) is 10.0 Å². The third-order valence-electron chi connectivity index (χ3n) is 3.25. The van der Waals surface area contributed by atoms with Gasteiger partial charge in [-0.05, 0) is 26.8 Å². The molecule has 6 nitrogen and oxygen atoms in total. The predicted octanol–water partition coefficient (Wildman–Crippen LogP) is 0.00894. The molecule has 1 aliphatic rings. The number of aromatic amines is 1. The Balaban J connectivity index is 2.36. The quantitative estimate of drug-likeness (QED) is 0.800. The first kappa shape index (κ1) is 12.5. The van der Waals surface area contributed by atoms with Gasteiger partial charge in [-0.2, -0.15) is 9.40 Å². The van der Waals surface area contributed by atoms with Crippen LogP contribution in [0.3, 0.4) is 0 Å². The van der Waals surface area contributed by atoms with E-state index >= 15 is 0 Å². The number of aromatic nitrogens is 2. The Morgan fingerprint density at radius 3 is 2.59 bits per heavy atom. The van der Waals surface area contributed by atoms with Gasteiger partial charge in [-0.3, -0.25) is 5.10 Å². The summed E-state index contributed by atoms with van der Waals surface area (Å²) in [5.41, 5.74) is 1.13. The van der Waals surface area contributed by atoms with Gasteiger partial charge < -0.3 is 5.32 Å². The molecule has 2 N–H and O–H groups in total. The number of nitrogens with zero attached hydrogens (tertiary/aromatic N) is 2. The number of sulfonamides is 1. The Hall–Kier alpha value is -0.920. The van der Waals surface area contributed by atoms with E-state index in [1.807, 2.05) is 0 Å². The second kappa shape index (κ2) is 4.40. The molecule has 0 unspecified atom stereocenters.